The topological polar surface area (TPSA) is 62.7 Å². The van der Waals surface area contributed by atoms with Crippen LogP contribution < -0.4 is 0 Å². The molecule has 3 heterocycles. The van der Waals surface area contributed by atoms with Crippen molar-refractivity contribution in [1.29, 1.82) is 0 Å². The minimum atomic E-state index is -3.50. The number of benzene rings is 1. The Balaban J connectivity index is 1.31. The zero-order valence-electron chi connectivity index (χ0n) is 16.4. The van der Waals surface area contributed by atoms with Gasteiger partial charge in [-0.2, -0.15) is 4.31 Å². The van der Waals surface area contributed by atoms with E-state index in [2.05, 4.69) is 22.0 Å². The molecular weight excluding hydrogens is 406 g/mol. The van der Waals surface area contributed by atoms with Crippen LogP contribution in [0.2, 0.25) is 0 Å². The zero-order valence-corrected chi connectivity index (χ0v) is 18.1. The Kier molecular flexibility index (Phi) is 6.87. The molecule has 2 saturated heterocycles. The second kappa shape index (κ2) is 9.57. The van der Waals surface area contributed by atoms with Crippen molar-refractivity contribution in [2.75, 3.05) is 38.5 Å². The van der Waals surface area contributed by atoms with Gasteiger partial charge < -0.3 is 4.74 Å². The van der Waals surface area contributed by atoms with Crippen LogP contribution in [0.5, 0.6) is 0 Å². The van der Waals surface area contributed by atoms with Crippen LogP contribution in [-0.4, -0.2) is 67.2 Å². The van der Waals surface area contributed by atoms with Crippen LogP contribution in [0, 0.1) is 0 Å². The van der Waals surface area contributed by atoms with Crippen LogP contribution in [0.1, 0.15) is 18.4 Å². The van der Waals surface area contributed by atoms with Gasteiger partial charge in [0.1, 0.15) is 4.90 Å². The smallest absolute Gasteiger partial charge is 0.244 e. The van der Waals surface area contributed by atoms with Gasteiger partial charge in [-0.05, 0) is 30.5 Å². The van der Waals surface area contributed by atoms with Crippen molar-refractivity contribution in [3.8, 4) is 0 Å². The molecule has 29 heavy (non-hydrogen) atoms. The average molecular weight is 434 g/mol. The summed E-state index contributed by atoms with van der Waals surface area (Å²) in [5.41, 5.74) is 1.25. The minimum absolute atomic E-state index is 0.274. The predicted octanol–water partition coefficient (Wildman–Crippen LogP) is 2.86. The molecular formula is C21H27N3O3S2. The number of piperazine rings is 1. The number of aromatic nitrogens is 1. The van der Waals surface area contributed by atoms with Gasteiger partial charge >= 0.3 is 0 Å². The summed E-state index contributed by atoms with van der Waals surface area (Å²) in [5.74, 6) is 0.864. The molecule has 2 fully saturated rings. The highest BCUT2D eigenvalue weighted by Gasteiger charge is 2.28. The Morgan fingerprint density at radius 3 is 2.52 bits per heavy atom. The molecule has 2 aromatic rings. The van der Waals surface area contributed by atoms with E-state index in [0.29, 0.717) is 13.1 Å². The third kappa shape index (κ3) is 5.38. The first-order chi connectivity index (χ1) is 14.1. The standard InChI is InChI=1S/C21H27N3O3S2/c25-29(26,20-8-9-21(22-15-20)28-17-19-7-4-14-27-19)24-12-10-23(11-13-24)16-18-5-2-1-3-6-18/h1-3,5-6,8-9,15,19H,4,7,10-14,16-17H2/t19-/m0/s1. The van der Waals surface area contributed by atoms with E-state index in [1.807, 2.05) is 18.2 Å². The van der Waals surface area contributed by atoms with Gasteiger partial charge in [0.25, 0.3) is 0 Å². The van der Waals surface area contributed by atoms with Crippen molar-refractivity contribution < 1.29 is 13.2 Å². The Labute approximate surface area is 177 Å². The van der Waals surface area contributed by atoms with Crippen LogP contribution in [0.15, 0.2) is 58.6 Å². The molecule has 0 unspecified atom stereocenters. The highest BCUT2D eigenvalue weighted by atomic mass is 32.2. The summed E-state index contributed by atoms with van der Waals surface area (Å²) in [6.45, 7) is 4.17. The van der Waals surface area contributed by atoms with Crippen molar-refractivity contribution in [2.45, 2.75) is 35.4 Å². The fraction of sp³-hybridized carbons (Fsp3) is 0.476. The molecule has 1 aromatic carbocycles. The van der Waals surface area contributed by atoms with E-state index in [4.69, 9.17) is 4.74 Å². The monoisotopic (exact) mass is 433 g/mol. The second-order valence-electron chi connectivity index (χ2n) is 7.44. The third-order valence-electron chi connectivity index (χ3n) is 5.37. The van der Waals surface area contributed by atoms with Crippen LogP contribution in [0.3, 0.4) is 0 Å². The largest absolute Gasteiger partial charge is 0.377 e. The van der Waals surface area contributed by atoms with Crippen molar-refractivity contribution in [3.05, 3.63) is 54.2 Å². The molecule has 2 aliphatic rings. The lowest BCUT2D eigenvalue weighted by Crippen LogP contribution is -2.48. The number of pyridine rings is 1. The SMILES string of the molecule is O=S(=O)(c1ccc(SC[C@@H]2CCCO2)nc1)N1CCN(Cc2ccccc2)CC1. The first-order valence-corrected chi connectivity index (χ1v) is 12.5. The van der Waals surface area contributed by atoms with Gasteiger partial charge in [-0.25, -0.2) is 13.4 Å². The van der Waals surface area contributed by atoms with Crippen molar-refractivity contribution in [1.82, 2.24) is 14.2 Å². The van der Waals surface area contributed by atoms with E-state index < -0.39 is 10.0 Å². The first-order valence-electron chi connectivity index (χ1n) is 10.1. The average Bonchev–Trinajstić information content (AvgIpc) is 3.27. The quantitative estimate of drug-likeness (QED) is 0.626. The summed E-state index contributed by atoms with van der Waals surface area (Å²) in [7, 11) is -3.50. The van der Waals surface area contributed by atoms with Crippen LogP contribution >= 0.6 is 11.8 Å². The number of sulfonamides is 1. The number of ether oxygens (including phenoxy) is 1. The molecule has 0 bridgehead atoms. The molecule has 0 amide bonds. The summed E-state index contributed by atoms with van der Waals surface area (Å²) in [4.78, 5) is 6.93. The van der Waals surface area contributed by atoms with E-state index in [1.54, 1.807) is 28.2 Å². The highest BCUT2D eigenvalue weighted by Crippen LogP contribution is 2.24. The Morgan fingerprint density at radius 1 is 1.07 bits per heavy atom. The minimum Gasteiger partial charge on any atom is -0.377 e. The molecule has 6 nitrogen and oxygen atoms in total. The summed E-state index contributed by atoms with van der Waals surface area (Å²) in [6.07, 6.45) is 3.99. The van der Waals surface area contributed by atoms with Gasteiger partial charge in [0, 0.05) is 51.3 Å². The normalized spacial score (nSPS) is 21.4. The lowest BCUT2D eigenvalue weighted by Gasteiger charge is -2.33. The molecule has 156 valence electrons. The summed E-state index contributed by atoms with van der Waals surface area (Å²) in [6, 6.07) is 13.8. The van der Waals surface area contributed by atoms with Crippen molar-refractivity contribution in [2.24, 2.45) is 0 Å². The van der Waals surface area contributed by atoms with E-state index in [9.17, 15) is 8.42 Å². The third-order valence-corrected chi connectivity index (χ3v) is 8.33. The highest BCUT2D eigenvalue weighted by molar-refractivity contribution is 7.99. The van der Waals surface area contributed by atoms with Gasteiger partial charge in [-0.1, -0.05) is 30.3 Å². The van der Waals surface area contributed by atoms with E-state index >= 15 is 0 Å². The lowest BCUT2D eigenvalue weighted by molar-refractivity contribution is 0.129. The second-order valence-corrected chi connectivity index (χ2v) is 10.4. The Morgan fingerprint density at radius 2 is 1.86 bits per heavy atom. The van der Waals surface area contributed by atoms with E-state index in [1.165, 1.54) is 11.8 Å². The van der Waals surface area contributed by atoms with Gasteiger partial charge in [0.15, 0.2) is 0 Å². The maximum Gasteiger partial charge on any atom is 0.244 e. The summed E-state index contributed by atoms with van der Waals surface area (Å²) < 4.78 is 33.1. The Hall–Kier alpha value is -1.45. The number of hydrogen-bond acceptors (Lipinski definition) is 6. The van der Waals surface area contributed by atoms with Gasteiger partial charge in [0.05, 0.1) is 11.1 Å². The Bertz CT molecular complexity index is 877. The van der Waals surface area contributed by atoms with Gasteiger partial charge in [-0.15, -0.1) is 11.8 Å². The van der Waals surface area contributed by atoms with E-state index in [-0.39, 0.29) is 11.0 Å². The molecule has 2 aliphatic heterocycles. The summed E-state index contributed by atoms with van der Waals surface area (Å²) >= 11 is 1.62. The van der Waals surface area contributed by atoms with Crippen LogP contribution in [-0.2, 0) is 21.3 Å². The maximum absolute atomic E-state index is 13.0. The van der Waals surface area contributed by atoms with Gasteiger partial charge in [-0.3, -0.25) is 4.90 Å². The number of thioether (sulfide) groups is 1. The molecule has 1 aromatic heterocycles. The molecule has 8 heteroatoms. The fourth-order valence-corrected chi connectivity index (χ4v) is 5.96. The molecule has 0 spiro atoms. The zero-order chi connectivity index (χ0) is 20.1. The molecule has 0 aliphatic carbocycles. The van der Waals surface area contributed by atoms with Crippen LogP contribution in [0.4, 0.5) is 0 Å². The lowest BCUT2D eigenvalue weighted by atomic mass is 10.2. The van der Waals surface area contributed by atoms with Crippen molar-refractivity contribution >= 4 is 21.8 Å². The number of hydrogen-bond donors (Lipinski definition) is 0. The number of rotatable bonds is 7. The molecule has 0 N–H and O–H groups in total. The fourth-order valence-electron chi connectivity index (χ4n) is 3.68. The van der Waals surface area contributed by atoms with Crippen LogP contribution in [0.25, 0.3) is 0 Å². The number of nitrogens with zero attached hydrogens (tertiary/aromatic N) is 3. The van der Waals surface area contributed by atoms with Crippen molar-refractivity contribution in [3.63, 3.8) is 0 Å². The predicted molar refractivity (Wildman–Crippen MR) is 114 cm³/mol. The molecule has 0 radical (unpaired) electrons. The maximum atomic E-state index is 13.0. The van der Waals surface area contributed by atoms with E-state index in [0.717, 1.165) is 49.9 Å². The molecule has 4 rings (SSSR count). The summed E-state index contributed by atoms with van der Waals surface area (Å²) in [5, 5.41) is 0.840. The first kappa shape index (κ1) is 20.8. The van der Waals surface area contributed by atoms with Gasteiger partial charge in [0.2, 0.25) is 10.0 Å². The molecule has 1 atom stereocenters. The molecule has 0 saturated carbocycles.